The number of ether oxygens (including phenoxy) is 1. The van der Waals surface area contributed by atoms with Crippen molar-refractivity contribution in [3.05, 3.63) is 48.3 Å². The van der Waals surface area contributed by atoms with E-state index in [1.807, 2.05) is 69.5 Å². The normalized spacial score (nSPS) is 14.3. The maximum Gasteiger partial charge on any atom is 0.307 e. The van der Waals surface area contributed by atoms with Gasteiger partial charge in [-0.05, 0) is 82.7 Å². The number of aromatic hydroxyl groups is 2. The van der Waals surface area contributed by atoms with Gasteiger partial charge >= 0.3 is 5.97 Å². The number of fused-ring (bicyclic) bond motifs is 1. The molecule has 3 heterocycles. The van der Waals surface area contributed by atoms with Gasteiger partial charge < -0.3 is 90.7 Å². The minimum absolute atomic E-state index is 0.0404. The van der Waals surface area contributed by atoms with Crippen LogP contribution in [0.3, 0.4) is 0 Å². The molecule has 0 fully saturated rings. The Bertz CT molecular complexity index is 3030. The molecule has 0 spiro atoms. The number of carbonyl (C=O) groups is 8. The average molecular weight is 1280 g/mol. The quantitative estimate of drug-likeness (QED) is 0.00975. The molecular weight excluding hydrogens is 1180 g/mol. The van der Waals surface area contributed by atoms with E-state index in [1.165, 1.54) is 13.1 Å². The highest BCUT2D eigenvalue weighted by molar-refractivity contribution is 7.99. The molecule has 4 aromatic rings. The lowest BCUT2D eigenvalue weighted by atomic mass is 9.96. The van der Waals surface area contributed by atoms with E-state index in [9.17, 15) is 48.6 Å². The Balaban J connectivity index is 1.42. The van der Waals surface area contributed by atoms with Crippen LogP contribution in [0.15, 0.2) is 52.6 Å². The van der Waals surface area contributed by atoms with Gasteiger partial charge in [0.25, 0.3) is 0 Å². The molecule has 0 aliphatic rings. The van der Waals surface area contributed by atoms with Crippen LogP contribution in [0, 0.1) is 11.8 Å². The number of nitrogens with two attached hydrogens (primary N) is 5. The molecule has 0 radical (unpaired) electrons. The van der Waals surface area contributed by atoms with E-state index in [0.717, 1.165) is 21.9 Å². The molecule has 2 unspecified atom stereocenters. The molecule has 0 saturated heterocycles. The average Bonchev–Trinajstić information content (AvgIpc) is 2.52. The number of amides is 7. The SMILES string of the molecule is CCC(C)[C@H](NC(=O)[C@H](CCCCN)NC(=O)[C@@H](NC(=O)[C@H](CCC(N)=O)NC(=O)[C@H](CCCN=C(N)N)NC(=O)[C@@H](N)CSc1cc(O)n(CCC(=O)OC[C@@H](CC)Nc2nc(NCc3ccccc3)c3ncn(C(C)C)c3n2)c1O)C(C)CC)C(=O)NC. The second kappa shape index (κ2) is 37.5. The Morgan fingerprint density at radius 1 is 0.733 bits per heavy atom. The molecule has 0 aliphatic heterocycles. The Morgan fingerprint density at radius 2 is 1.33 bits per heavy atom. The summed E-state index contributed by atoms with van der Waals surface area (Å²) in [5.41, 5.74) is 30.9. The number of esters is 1. The third-order valence-corrected chi connectivity index (χ3v) is 16.3. The molecule has 0 bridgehead atoms. The molecule has 90 heavy (non-hydrogen) atoms. The number of carbonyl (C=O) groups excluding carboxylic acids is 8. The number of benzene rings is 1. The van der Waals surface area contributed by atoms with Crippen LogP contribution >= 0.6 is 11.8 Å². The van der Waals surface area contributed by atoms with Crippen molar-refractivity contribution in [2.24, 2.45) is 45.5 Å². The van der Waals surface area contributed by atoms with Crippen LogP contribution in [-0.4, -0.2) is 162 Å². The molecule has 498 valence electrons. The van der Waals surface area contributed by atoms with E-state index < -0.39 is 101 Å². The predicted molar refractivity (Wildman–Crippen MR) is 343 cm³/mol. The molecule has 9 atom stereocenters. The van der Waals surface area contributed by atoms with Gasteiger partial charge in [-0.2, -0.15) is 9.97 Å². The number of likely N-dealkylation sites (N-methyl/N-ethyl adjacent to an activating group) is 1. The third-order valence-electron chi connectivity index (χ3n) is 15.2. The number of nitrogens with one attached hydrogen (secondary N) is 8. The fourth-order valence-corrected chi connectivity index (χ4v) is 10.2. The van der Waals surface area contributed by atoms with Gasteiger partial charge in [-0.3, -0.25) is 47.9 Å². The van der Waals surface area contributed by atoms with Crippen molar-refractivity contribution in [2.75, 3.05) is 43.1 Å². The zero-order valence-corrected chi connectivity index (χ0v) is 53.7. The van der Waals surface area contributed by atoms with Gasteiger partial charge in [0.2, 0.25) is 53.2 Å². The monoisotopic (exact) mass is 1280 g/mol. The molecular formula is C59H95N19O11S. The Hall–Kier alpha value is -8.45. The second-order valence-corrected chi connectivity index (χ2v) is 23.4. The lowest BCUT2D eigenvalue weighted by Crippen LogP contribution is -2.61. The van der Waals surface area contributed by atoms with Crippen molar-refractivity contribution in [2.45, 2.75) is 185 Å². The summed E-state index contributed by atoms with van der Waals surface area (Å²) in [6.07, 6.45) is 3.45. The standard InChI is InChI=1S/C59H95N19O11S/c1-9-34(6)46(55(86)65-8)73-53(84)39(20-15-16-25-60)72-56(87)47(35(7)10-2)74-54(85)41(22-23-43(62)79)71-52(83)40(21-17-26-66-58(63)64)70-51(82)38(61)31-90-42-28-44(80)77(57(42)88)27-24-45(81)89-30-37(11-3)69-59-75-49(67-29-36-18-13-12-14-19-36)48-50(76-59)78(32-68-48)33(4)5/h12-14,18-19,28,32-35,37-41,46-47,80,88H,9-11,15-17,20-27,29-31,60-61H2,1-8H3,(H2,62,79)(H,65,86)(H,70,82)(H,71,83)(H,72,87)(H,73,84)(H,74,85)(H4,63,64,66)(H2,67,69,75,76)/t34?,35?,37-,38+,39+,40+,41+,46+,47+/m1/s1. The van der Waals surface area contributed by atoms with Crippen molar-refractivity contribution in [3.8, 4) is 11.8 Å². The number of anilines is 2. The fraction of sp³-hybridized carbons (Fsp3) is 0.593. The summed E-state index contributed by atoms with van der Waals surface area (Å²) in [6, 6.07) is 3.25. The summed E-state index contributed by atoms with van der Waals surface area (Å²) in [7, 11) is 1.45. The zero-order chi connectivity index (χ0) is 66.6. The first-order valence-electron chi connectivity index (χ1n) is 30.6. The molecule has 30 nitrogen and oxygen atoms in total. The van der Waals surface area contributed by atoms with Gasteiger partial charge in [0.1, 0.15) is 36.8 Å². The highest BCUT2D eigenvalue weighted by Gasteiger charge is 2.36. The summed E-state index contributed by atoms with van der Waals surface area (Å²) in [5.74, 6) is -6.93. The lowest BCUT2D eigenvalue weighted by Gasteiger charge is -2.30. The van der Waals surface area contributed by atoms with E-state index >= 15 is 0 Å². The van der Waals surface area contributed by atoms with Crippen LogP contribution in [0.5, 0.6) is 11.8 Å². The van der Waals surface area contributed by atoms with Gasteiger partial charge in [0.15, 0.2) is 28.8 Å². The first-order valence-corrected chi connectivity index (χ1v) is 31.6. The topological polar surface area (TPSA) is 473 Å². The van der Waals surface area contributed by atoms with Crippen molar-refractivity contribution in [1.82, 2.24) is 56.0 Å². The Morgan fingerprint density at radius 3 is 1.92 bits per heavy atom. The first kappa shape index (κ1) is 74.0. The summed E-state index contributed by atoms with van der Waals surface area (Å²) in [6.45, 7) is 13.7. The third kappa shape index (κ3) is 23.2. The van der Waals surface area contributed by atoms with Crippen molar-refractivity contribution >= 4 is 88.0 Å². The van der Waals surface area contributed by atoms with Crippen LogP contribution in [0.1, 0.15) is 131 Å². The lowest BCUT2D eigenvalue weighted by molar-refractivity contribution is -0.144. The summed E-state index contributed by atoms with van der Waals surface area (Å²) in [4.78, 5) is 126. The highest BCUT2D eigenvalue weighted by atomic mass is 32.2. The predicted octanol–water partition coefficient (Wildman–Crippen LogP) is 1.19. The molecule has 4 rings (SSSR count). The zero-order valence-electron chi connectivity index (χ0n) is 52.9. The summed E-state index contributed by atoms with van der Waals surface area (Å²) >= 11 is 0.907. The maximum atomic E-state index is 14.3. The van der Waals surface area contributed by atoms with Crippen molar-refractivity contribution in [1.29, 1.82) is 0 Å². The largest absolute Gasteiger partial charge is 0.494 e. The number of guanidine groups is 1. The number of aromatic nitrogens is 5. The number of thioether (sulfide) groups is 1. The highest BCUT2D eigenvalue weighted by Crippen LogP contribution is 2.36. The molecule has 31 heteroatoms. The van der Waals surface area contributed by atoms with Crippen LogP contribution in [0.4, 0.5) is 11.8 Å². The number of unbranched alkanes of at least 4 members (excludes halogenated alkanes) is 1. The Labute approximate surface area is 529 Å². The molecule has 7 amide bonds. The van der Waals surface area contributed by atoms with Gasteiger partial charge in [-0.15, -0.1) is 11.8 Å². The number of imidazole rings is 1. The van der Waals surface area contributed by atoms with E-state index in [-0.39, 0.29) is 92.7 Å². The second-order valence-electron chi connectivity index (χ2n) is 22.4. The number of rotatable bonds is 41. The fourth-order valence-electron chi connectivity index (χ4n) is 9.23. The summed E-state index contributed by atoms with van der Waals surface area (Å²) in [5, 5.41) is 44.7. The van der Waals surface area contributed by atoms with Gasteiger partial charge in [-0.1, -0.05) is 77.8 Å². The minimum Gasteiger partial charge on any atom is -0.494 e. The van der Waals surface area contributed by atoms with Crippen LogP contribution in [0.25, 0.3) is 11.2 Å². The van der Waals surface area contributed by atoms with Gasteiger partial charge in [0, 0.05) is 51.0 Å². The van der Waals surface area contributed by atoms with Crippen LogP contribution < -0.4 is 71.2 Å². The smallest absolute Gasteiger partial charge is 0.307 e. The maximum absolute atomic E-state index is 14.3. The van der Waals surface area contributed by atoms with Gasteiger partial charge in [0.05, 0.1) is 29.7 Å². The van der Waals surface area contributed by atoms with E-state index in [1.54, 1.807) is 20.2 Å². The number of hydrogen-bond acceptors (Lipinski definition) is 20. The number of primary amides is 1. The number of nitrogens with zero attached hydrogens (tertiary/aromatic N) is 6. The summed E-state index contributed by atoms with van der Waals surface area (Å²) < 4.78 is 8.66. The van der Waals surface area contributed by atoms with Crippen molar-refractivity contribution in [3.63, 3.8) is 0 Å². The molecule has 0 aliphatic carbocycles. The molecule has 3 aromatic heterocycles. The van der Waals surface area contributed by atoms with E-state index in [2.05, 4.69) is 52.5 Å². The van der Waals surface area contributed by atoms with E-state index in [0.29, 0.717) is 68.1 Å². The molecule has 0 saturated carbocycles. The molecule has 1 aromatic carbocycles. The Kier molecular flexibility index (Phi) is 30.9. The van der Waals surface area contributed by atoms with Crippen LogP contribution in [-0.2, 0) is 56.2 Å². The van der Waals surface area contributed by atoms with Gasteiger partial charge in [-0.25, -0.2) is 4.98 Å². The van der Waals surface area contributed by atoms with Crippen molar-refractivity contribution < 1.29 is 53.3 Å². The first-order chi connectivity index (χ1) is 42.8. The van der Waals surface area contributed by atoms with Crippen LogP contribution in [0.2, 0.25) is 0 Å². The van der Waals surface area contributed by atoms with E-state index in [4.69, 9.17) is 43.4 Å². The number of aliphatic imine (C=N–C) groups is 1. The number of hydrogen-bond donors (Lipinski definition) is 15. The minimum atomic E-state index is -1.49. The molecule has 20 N–H and O–H groups in total.